The second kappa shape index (κ2) is 7.44. The Bertz CT molecular complexity index is 209. The number of nitrogens with zero attached hydrogens (tertiary/aromatic N) is 1. The first-order valence-corrected chi connectivity index (χ1v) is 4.87. The molecule has 0 heterocycles. The van der Waals surface area contributed by atoms with E-state index < -0.39 is 24.9 Å². The molecular weight excluding hydrogens is 202 g/mol. The first-order chi connectivity index (χ1) is 7.06. The highest BCUT2D eigenvalue weighted by Crippen LogP contribution is 2.10. The molecule has 0 aliphatic carbocycles. The molecule has 0 saturated carbocycles. The number of hydrogen-bond acceptors (Lipinski definition) is 6. The lowest BCUT2D eigenvalue weighted by Gasteiger charge is -2.19. The van der Waals surface area contributed by atoms with Gasteiger partial charge in [0.15, 0.2) is 0 Å². The van der Waals surface area contributed by atoms with E-state index >= 15 is 0 Å². The molecule has 0 rings (SSSR count). The van der Waals surface area contributed by atoms with Gasteiger partial charge < -0.3 is 15.3 Å². The van der Waals surface area contributed by atoms with Crippen LogP contribution in [0.2, 0.25) is 0 Å². The molecule has 3 N–H and O–H groups in total. The fraction of sp³-hybridized carbons (Fsp3) is 0.889. The van der Waals surface area contributed by atoms with Gasteiger partial charge in [-0.1, -0.05) is 12.1 Å². The Morgan fingerprint density at radius 2 is 2.00 bits per heavy atom. The molecule has 3 atom stereocenters. The van der Waals surface area contributed by atoms with Crippen LogP contribution in [0.5, 0.6) is 0 Å². The van der Waals surface area contributed by atoms with E-state index in [1.165, 1.54) is 0 Å². The van der Waals surface area contributed by atoms with Gasteiger partial charge in [-0.2, -0.15) is 4.91 Å². The maximum atomic E-state index is 11.2. The summed E-state index contributed by atoms with van der Waals surface area (Å²) in [7, 11) is 0. The molecule has 0 bridgehead atoms. The van der Waals surface area contributed by atoms with Gasteiger partial charge in [0.2, 0.25) is 0 Å². The summed E-state index contributed by atoms with van der Waals surface area (Å²) >= 11 is 0. The summed E-state index contributed by atoms with van der Waals surface area (Å²) in [4.78, 5) is 21.5. The number of ketones is 1. The third kappa shape index (κ3) is 4.96. The van der Waals surface area contributed by atoms with Gasteiger partial charge in [0, 0.05) is 12.8 Å². The largest absolute Gasteiger partial charge is 0.394 e. The van der Waals surface area contributed by atoms with Crippen molar-refractivity contribution >= 4 is 5.78 Å². The van der Waals surface area contributed by atoms with Gasteiger partial charge >= 0.3 is 0 Å². The zero-order valence-electron chi connectivity index (χ0n) is 8.67. The van der Waals surface area contributed by atoms with Crippen molar-refractivity contribution in [1.29, 1.82) is 0 Å². The SMILES string of the molecule is CCCC(=O)CC(N=O)C(O)C(O)CO. The van der Waals surface area contributed by atoms with Crippen molar-refractivity contribution in [3.05, 3.63) is 4.91 Å². The molecule has 6 heteroatoms. The molecule has 3 unspecified atom stereocenters. The van der Waals surface area contributed by atoms with Crippen LogP contribution in [0.1, 0.15) is 26.2 Å². The van der Waals surface area contributed by atoms with Gasteiger partial charge in [-0.3, -0.25) is 4.79 Å². The van der Waals surface area contributed by atoms with Crippen molar-refractivity contribution < 1.29 is 20.1 Å². The van der Waals surface area contributed by atoms with E-state index in [-0.39, 0.29) is 12.2 Å². The van der Waals surface area contributed by atoms with Crippen LogP contribution < -0.4 is 0 Å². The van der Waals surface area contributed by atoms with Crippen LogP contribution in [0.15, 0.2) is 5.18 Å². The molecule has 0 fully saturated rings. The van der Waals surface area contributed by atoms with E-state index in [4.69, 9.17) is 10.2 Å². The van der Waals surface area contributed by atoms with Crippen molar-refractivity contribution in [3.8, 4) is 0 Å². The normalized spacial score (nSPS) is 16.8. The lowest BCUT2D eigenvalue weighted by atomic mass is 9.99. The second-order valence-corrected chi connectivity index (χ2v) is 3.41. The topological polar surface area (TPSA) is 107 Å². The molecule has 0 aromatic heterocycles. The summed E-state index contributed by atoms with van der Waals surface area (Å²) in [5, 5.41) is 29.5. The van der Waals surface area contributed by atoms with Crippen molar-refractivity contribution in [2.75, 3.05) is 6.61 Å². The summed E-state index contributed by atoms with van der Waals surface area (Å²) in [6.45, 7) is 1.15. The van der Waals surface area contributed by atoms with Crippen LogP contribution in [0.25, 0.3) is 0 Å². The van der Waals surface area contributed by atoms with Gasteiger partial charge in [-0.05, 0) is 6.42 Å². The molecule has 0 saturated heterocycles. The molecule has 0 radical (unpaired) electrons. The number of rotatable bonds is 8. The Morgan fingerprint density at radius 3 is 2.40 bits per heavy atom. The molecule has 0 aromatic carbocycles. The van der Waals surface area contributed by atoms with Crippen molar-refractivity contribution in [1.82, 2.24) is 0 Å². The zero-order chi connectivity index (χ0) is 11.8. The minimum Gasteiger partial charge on any atom is -0.394 e. The van der Waals surface area contributed by atoms with Gasteiger partial charge in [-0.15, -0.1) is 0 Å². The van der Waals surface area contributed by atoms with E-state index in [1.807, 2.05) is 6.92 Å². The number of Topliss-reactive ketones (excluding diaryl/α,β-unsaturated/α-hetero) is 1. The molecular formula is C9H17NO5. The number of carbonyl (C=O) groups is 1. The highest BCUT2D eigenvalue weighted by Gasteiger charge is 2.28. The molecule has 0 spiro atoms. The number of aliphatic hydroxyl groups excluding tert-OH is 3. The van der Waals surface area contributed by atoms with Crippen LogP contribution in [0.4, 0.5) is 0 Å². The Morgan fingerprint density at radius 1 is 1.40 bits per heavy atom. The van der Waals surface area contributed by atoms with Crippen molar-refractivity contribution in [2.24, 2.45) is 5.18 Å². The smallest absolute Gasteiger partial charge is 0.135 e. The average Bonchev–Trinajstić information content (AvgIpc) is 2.24. The van der Waals surface area contributed by atoms with Crippen LogP contribution in [0.3, 0.4) is 0 Å². The quantitative estimate of drug-likeness (QED) is 0.481. The highest BCUT2D eigenvalue weighted by atomic mass is 16.4. The fourth-order valence-electron chi connectivity index (χ4n) is 1.20. The summed E-state index contributed by atoms with van der Waals surface area (Å²) in [5.41, 5.74) is 0. The lowest BCUT2D eigenvalue weighted by molar-refractivity contribution is -0.120. The van der Waals surface area contributed by atoms with Crippen LogP contribution in [-0.2, 0) is 4.79 Å². The maximum absolute atomic E-state index is 11.2. The third-order valence-corrected chi connectivity index (χ3v) is 2.08. The van der Waals surface area contributed by atoms with E-state index in [9.17, 15) is 14.8 Å². The number of hydrogen-bond donors (Lipinski definition) is 3. The monoisotopic (exact) mass is 219 g/mol. The standard InChI is InChI=1S/C9H17NO5/c1-2-3-6(12)4-7(10-15)9(14)8(13)5-11/h7-9,11,13-14H,2-5H2,1H3. The molecule has 0 aromatic rings. The predicted octanol–water partition coefficient (Wildman–Crippen LogP) is -0.405. The molecule has 0 aliphatic heterocycles. The molecule has 15 heavy (non-hydrogen) atoms. The minimum absolute atomic E-state index is 0.189. The first-order valence-electron chi connectivity index (χ1n) is 4.87. The van der Waals surface area contributed by atoms with Crippen molar-refractivity contribution in [2.45, 2.75) is 44.4 Å². The van der Waals surface area contributed by atoms with Gasteiger partial charge in [-0.25, -0.2) is 0 Å². The molecule has 0 amide bonds. The van der Waals surface area contributed by atoms with Gasteiger partial charge in [0.05, 0.1) is 6.61 Å². The van der Waals surface area contributed by atoms with Crippen LogP contribution in [-0.4, -0.2) is 46.0 Å². The van der Waals surface area contributed by atoms with Crippen LogP contribution in [0, 0.1) is 4.91 Å². The van der Waals surface area contributed by atoms with E-state index in [0.29, 0.717) is 12.8 Å². The average molecular weight is 219 g/mol. The second-order valence-electron chi connectivity index (χ2n) is 3.41. The number of carbonyl (C=O) groups excluding carboxylic acids is 1. The zero-order valence-corrected chi connectivity index (χ0v) is 8.67. The van der Waals surface area contributed by atoms with Crippen molar-refractivity contribution in [3.63, 3.8) is 0 Å². The first kappa shape index (κ1) is 14.2. The fourth-order valence-corrected chi connectivity index (χ4v) is 1.20. The van der Waals surface area contributed by atoms with E-state index in [1.54, 1.807) is 0 Å². The van der Waals surface area contributed by atoms with E-state index in [0.717, 1.165) is 0 Å². The molecule has 0 aliphatic rings. The third-order valence-electron chi connectivity index (χ3n) is 2.08. The summed E-state index contributed by atoms with van der Waals surface area (Å²) in [6, 6.07) is -1.19. The Kier molecular flexibility index (Phi) is 7.02. The highest BCUT2D eigenvalue weighted by molar-refractivity contribution is 5.79. The summed E-state index contributed by atoms with van der Waals surface area (Å²) in [5.74, 6) is -0.189. The molecule has 6 nitrogen and oxygen atoms in total. The van der Waals surface area contributed by atoms with Crippen LogP contribution >= 0.6 is 0 Å². The Hall–Kier alpha value is -0.850. The Labute approximate surface area is 87.9 Å². The summed E-state index contributed by atoms with van der Waals surface area (Å²) in [6.07, 6.45) is -2.16. The van der Waals surface area contributed by atoms with Gasteiger partial charge in [0.1, 0.15) is 24.0 Å². The minimum atomic E-state index is -1.49. The number of nitroso groups, excluding NO2 is 1. The lowest BCUT2D eigenvalue weighted by Crippen LogP contribution is -2.39. The predicted molar refractivity (Wildman–Crippen MR) is 53.2 cm³/mol. The summed E-state index contributed by atoms with van der Waals surface area (Å²) < 4.78 is 0. The van der Waals surface area contributed by atoms with Gasteiger partial charge in [0.25, 0.3) is 0 Å². The Balaban J connectivity index is 4.23. The van der Waals surface area contributed by atoms with E-state index in [2.05, 4.69) is 5.18 Å². The maximum Gasteiger partial charge on any atom is 0.135 e. The number of aliphatic hydroxyl groups is 3. The molecule has 88 valence electrons.